The van der Waals surface area contributed by atoms with Crippen LogP contribution in [0.2, 0.25) is 5.02 Å². The number of hydrogen-bond donors (Lipinski definition) is 2. The summed E-state index contributed by atoms with van der Waals surface area (Å²) in [4.78, 5) is 24.2. The van der Waals surface area contributed by atoms with Crippen molar-refractivity contribution in [1.29, 1.82) is 0 Å². The first kappa shape index (κ1) is 24.5. The molecule has 0 heterocycles. The van der Waals surface area contributed by atoms with Gasteiger partial charge in [0.05, 0.1) is 15.6 Å². The summed E-state index contributed by atoms with van der Waals surface area (Å²) in [5, 5.41) is 0.546. The fourth-order valence-corrected chi connectivity index (χ4v) is 3.73. The van der Waals surface area contributed by atoms with Gasteiger partial charge in [0, 0.05) is 10.6 Å². The summed E-state index contributed by atoms with van der Waals surface area (Å²) in [5.74, 6) is 0.187. The molecule has 0 atom stereocenters. The highest BCUT2D eigenvalue weighted by Gasteiger charge is 2.11. The molecule has 2 rings (SSSR count). The SMILES string of the molecule is CCCCCCOc1ccc(C(=O)NNC(=O)COc2ccc(Cl)cc2Br)cc1Br. The first-order valence-electron chi connectivity index (χ1n) is 9.50. The Labute approximate surface area is 197 Å². The Morgan fingerprint density at radius 1 is 0.933 bits per heavy atom. The zero-order valence-corrected chi connectivity index (χ0v) is 20.4. The molecule has 0 saturated carbocycles. The van der Waals surface area contributed by atoms with E-state index in [1.807, 2.05) is 0 Å². The lowest BCUT2D eigenvalue weighted by Gasteiger charge is -2.11. The summed E-state index contributed by atoms with van der Waals surface area (Å²) in [7, 11) is 0. The van der Waals surface area contributed by atoms with Gasteiger partial charge in [-0.3, -0.25) is 20.4 Å². The van der Waals surface area contributed by atoms with Crippen molar-refractivity contribution in [2.75, 3.05) is 13.2 Å². The third-order valence-corrected chi connectivity index (χ3v) is 5.49. The highest BCUT2D eigenvalue weighted by Crippen LogP contribution is 2.28. The predicted molar refractivity (Wildman–Crippen MR) is 124 cm³/mol. The third kappa shape index (κ3) is 8.16. The van der Waals surface area contributed by atoms with Crippen molar-refractivity contribution in [3.05, 3.63) is 55.9 Å². The van der Waals surface area contributed by atoms with Gasteiger partial charge in [0.25, 0.3) is 11.8 Å². The molecule has 0 fully saturated rings. The molecule has 2 aromatic rings. The number of amides is 2. The summed E-state index contributed by atoms with van der Waals surface area (Å²) in [6, 6.07) is 9.95. The summed E-state index contributed by atoms with van der Waals surface area (Å²) >= 11 is 12.6. The van der Waals surface area contributed by atoms with E-state index in [1.165, 1.54) is 12.8 Å². The van der Waals surface area contributed by atoms with Gasteiger partial charge in [-0.2, -0.15) is 0 Å². The first-order chi connectivity index (χ1) is 14.4. The van der Waals surface area contributed by atoms with Gasteiger partial charge < -0.3 is 9.47 Å². The first-order valence-corrected chi connectivity index (χ1v) is 11.5. The molecule has 9 heteroatoms. The molecule has 0 aliphatic heterocycles. The Balaban J connectivity index is 1.78. The predicted octanol–water partition coefficient (Wildman–Crippen LogP) is 5.66. The Bertz CT molecular complexity index is 880. The van der Waals surface area contributed by atoms with E-state index in [9.17, 15) is 9.59 Å². The van der Waals surface area contributed by atoms with Gasteiger partial charge in [0.1, 0.15) is 11.5 Å². The molecule has 2 N–H and O–H groups in total. The molecule has 6 nitrogen and oxygen atoms in total. The highest BCUT2D eigenvalue weighted by molar-refractivity contribution is 9.10. The lowest BCUT2D eigenvalue weighted by molar-refractivity contribution is -0.123. The Morgan fingerprint density at radius 2 is 1.63 bits per heavy atom. The molecule has 0 aromatic heterocycles. The molecule has 162 valence electrons. The monoisotopic (exact) mass is 560 g/mol. The number of benzene rings is 2. The maximum Gasteiger partial charge on any atom is 0.276 e. The normalized spacial score (nSPS) is 10.4. The number of nitrogens with one attached hydrogen (secondary N) is 2. The van der Waals surface area contributed by atoms with Crippen LogP contribution in [-0.4, -0.2) is 25.0 Å². The van der Waals surface area contributed by atoms with E-state index in [1.54, 1.807) is 36.4 Å². The zero-order chi connectivity index (χ0) is 21.9. The third-order valence-electron chi connectivity index (χ3n) is 4.02. The topological polar surface area (TPSA) is 76.7 Å². The van der Waals surface area contributed by atoms with Gasteiger partial charge in [-0.1, -0.05) is 37.8 Å². The van der Waals surface area contributed by atoms with Crippen LogP contribution in [-0.2, 0) is 4.79 Å². The van der Waals surface area contributed by atoms with Crippen molar-refractivity contribution >= 4 is 55.3 Å². The van der Waals surface area contributed by atoms with E-state index < -0.39 is 11.8 Å². The van der Waals surface area contributed by atoms with E-state index >= 15 is 0 Å². The van der Waals surface area contributed by atoms with Crippen LogP contribution in [0.3, 0.4) is 0 Å². The maximum atomic E-state index is 12.3. The molecule has 2 amide bonds. The van der Waals surface area contributed by atoms with Crippen molar-refractivity contribution in [2.24, 2.45) is 0 Å². The molecule has 0 spiro atoms. The second kappa shape index (κ2) is 12.8. The van der Waals surface area contributed by atoms with Crippen LogP contribution in [0.15, 0.2) is 45.3 Å². The van der Waals surface area contributed by atoms with Crippen molar-refractivity contribution in [2.45, 2.75) is 32.6 Å². The summed E-state index contributed by atoms with van der Waals surface area (Å²) in [6.45, 7) is 2.52. The van der Waals surface area contributed by atoms with Gasteiger partial charge >= 0.3 is 0 Å². The van der Waals surface area contributed by atoms with Crippen LogP contribution in [0.5, 0.6) is 11.5 Å². The highest BCUT2D eigenvalue weighted by atomic mass is 79.9. The average Bonchev–Trinajstić information content (AvgIpc) is 2.72. The molecule has 2 aromatic carbocycles. The quantitative estimate of drug-likeness (QED) is 0.289. The molecule has 0 aliphatic carbocycles. The number of hydrazine groups is 1. The Morgan fingerprint density at radius 3 is 2.33 bits per heavy atom. The minimum Gasteiger partial charge on any atom is -0.492 e. The lowest BCUT2D eigenvalue weighted by atomic mass is 10.2. The van der Waals surface area contributed by atoms with Gasteiger partial charge in [0.15, 0.2) is 6.61 Å². The second-order valence-electron chi connectivity index (χ2n) is 6.42. The number of carbonyl (C=O) groups is 2. The minimum atomic E-state index is -0.503. The number of ether oxygens (including phenoxy) is 2. The van der Waals surface area contributed by atoms with Crippen LogP contribution in [0.25, 0.3) is 0 Å². The van der Waals surface area contributed by atoms with Crippen LogP contribution in [0, 0.1) is 0 Å². The summed E-state index contributed by atoms with van der Waals surface area (Å²) in [5.41, 5.74) is 5.05. The molecule has 0 bridgehead atoms. The molecule has 0 radical (unpaired) electrons. The minimum absolute atomic E-state index is 0.269. The number of halogens is 3. The van der Waals surface area contributed by atoms with E-state index in [2.05, 4.69) is 49.6 Å². The molecule has 0 saturated heterocycles. The zero-order valence-electron chi connectivity index (χ0n) is 16.5. The van der Waals surface area contributed by atoms with Gasteiger partial charge in [0.2, 0.25) is 0 Å². The second-order valence-corrected chi connectivity index (χ2v) is 8.57. The van der Waals surface area contributed by atoms with E-state index in [0.717, 1.165) is 12.8 Å². The standard InChI is InChI=1S/C21H23Br2ClN2O4/c1-2-3-4-5-10-29-18-8-6-14(11-16(18)22)21(28)26-25-20(27)13-30-19-9-7-15(24)12-17(19)23/h6-9,11-12H,2-5,10,13H2,1H3,(H,25,27)(H,26,28). The van der Waals surface area contributed by atoms with E-state index in [0.29, 0.717) is 37.6 Å². The smallest absolute Gasteiger partial charge is 0.276 e. The van der Waals surface area contributed by atoms with Crippen molar-refractivity contribution in [3.8, 4) is 11.5 Å². The fourth-order valence-electron chi connectivity index (χ4n) is 2.44. The number of carbonyl (C=O) groups excluding carboxylic acids is 2. The van der Waals surface area contributed by atoms with Crippen molar-refractivity contribution in [3.63, 3.8) is 0 Å². The number of unbranched alkanes of at least 4 members (excludes halogenated alkanes) is 3. The Hall–Kier alpha value is -1.77. The molecule has 30 heavy (non-hydrogen) atoms. The molecular weight excluding hydrogens is 540 g/mol. The van der Waals surface area contributed by atoms with Gasteiger partial charge in [-0.15, -0.1) is 0 Å². The lowest BCUT2D eigenvalue weighted by Crippen LogP contribution is -2.43. The molecule has 0 unspecified atom stereocenters. The average molecular weight is 563 g/mol. The van der Waals surface area contributed by atoms with Gasteiger partial charge in [-0.25, -0.2) is 0 Å². The summed E-state index contributed by atoms with van der Waals surface area (Å²) < 4.78 is 12.4. The van der Waals surface area contributed by atoms with Crippen LogP contribution < -0.4 is 20.3 Å². The molecular formula is C21H23Br2ClN2O4. The van der Waals surface area contributed by atoms with Crippen LogP contribution >= 0.6 is 43.5 Å². The van der Waals surface area contributed by atoms with Crippen molar-refractivity contribution in [1.82, 2.24) is 10.9 Å². The number of rotatable bonds is 10. The van der Waals surface area contributed by atoms with Gasteiger partial charge in [-0.05, 0) is 74.7 Å². The fraction of sp³-hybridized carbons (Fsp3) is 0.333. The van der Waals surface area contributed by atoms with Crippen LogP contribution in [0.4, 0.5) is 0 Å². The maximum absolute atomic E-state index is 12.3. The van der Waals surface area contributed by atoms with Crippen molar-refractivity contribution < 1.29 is 19.1 Å². The van der Waals surface area contributed by atoms with E-state index in [-0.39, 0.29) is 6.61 Å². The van der Waals surface area contributed by atoms with E-state index in [4.69, 9.17) is 21.1 Å². The largest absolute Gasteiger partial charge is 0.492 e. The van der Waals surface area contributed by atoms with Crippen LogP contribution in [0.1, 0.15) is 43.0 Å². The summed E-state index contributed by atoms with van der Waals surface area (Å²) in [6.07, 6.45) is 4.49. The molecule has 0 aliphatic rings. The Kier molecular flexibility index (Phi) is 10.5. The number of hydrogen-bond acceptors (Lipinski definition) is 4.